The molecule has 0 saturated carbocycles. The lowest BCUT2D eigenvalue weighted by atomic mass is 9.72. The topological polar surface area (TPSA) is 68.2 Å². The van der Waals surface area contributed by atoms with Gasteiger partial charge in [-0.3, -0.25) is 0 Å². The number of hydrogen-bond acceptors (Lipinski definition) is 5. The van der Waals surface area contributed by atoms with Gasteiger partial charge in [0.05, 0.1) is 6.61 Å². The summed E-state index contributed by atoms with van der Waals surface area (Å²) in [7, 11) is 0. The summed E-state index contributed by atoms with van der Waals surface area (Å²) in [4.78, 5) is 0. The molecule has 0 spiro atoms. The maximum absolute atomic E-state index is 12.4. The Kier molecular flexibility index (Phi) is 11.5. The Balaban J connectivity index is 2.52. The van der Waals surface area contributed by atoms with Crippen molar-refractivity contribution in [2.75, 3.05) is 26.4 Å². The molecule has 33 heavy (non-hydrogen) atoms. The van der Waals surface area contributed by atoms with Crippen molar-refractivity contribution in [3.8, 4) is 0 Å². The Morgan fingerprint density at radius 3 is 1.73 bits per heavy atom. The molecule has 0 fully saturated rings. The third-order valence-corrected chi connectivity index (χ3v) is 6.25. The van der Waals surface area contributed by atoms with E-state index < -0.39 is 17.5 Å². The molecular weight excluding hydrogens is 416 g/mol. The fourth-order valence-electron chi connectivity index (χ4n) is 4.27. The van der Waals surface area contributed by atoms with Crippen LogP contribution >= 0.6 is 0 Å². The summed E-state index contributed by atoms with van der Waals surface area (Å²) < 4.78 is 17.9. The van der Waals surface area contributed by atoms with Crippen molar-refractivity contribution in [2.24, 2.45) is 5.92 Å². The van der Waals surface area contributed by atoms with Gasteiger partial charge in [-0.2, -0.15) is 0 Å². The highest BCUT2D eigenvalue weighted by Gasteiger charge is 2.58. The molecule has 0 aliphatic heterocycles. The molecule has 0 aromatic heterocycles. The summed E-state index contributed by atoms with van der Waals surface area (Å²) in [6.45, 7) is 9.03. The predicted molar refractivity (Wildman–Crippen MR) is 132 cm³/mol. The number of hydrogen-bond donors (Lipinski definition) is 2. The van der Waals surface area contributed by atoms with Crippen molar-refractivity contribution in [3.63, 3.8) is 0 Å². The third-order valence-electron chi connectivity index (χ3n) is 6.25. The minimum absolute atomic E-state index is 0.138. The van der Waals surface area contributed by atoms with E-state index in [9.17, 15) is 10.2 Å². The summed E-state index contributed by atoms with van der Waals surface area (Å²) in [5, 5.41) is 24.7. The van der Waals surface area contributed by atoms with Crippen LogP contribution < -0.4 is 0 Å². The standard InChI is InChI=1S/C28H42O5/c1-5-9-16-23(6-2)21-31-22-27(29,26(32-7-3)33-8-4)28(30,24-17-12-10-13-18-24)25-19-14-11-15-20-25/h10-15,17-20,23,26,29-30H,5-9,16,21-22H2,1-4H3. The van der Waals surface area contributed by atoms with Crippen molar-refractivity contribution in [2.45, 2.75) is 70.9 Å². The lowest BCUT2D eigenvalue weighted by molar-refractivity contribution is -0.300. The summed E-state index contributed by atoms with van der Waals surface area (Å²) in [5.74, 6) is 0.397. The van der Waals surface area contributed by atoms with E-state index in [1.807, 2.05) is 74.5 Å². The van der Waals surface area contributed by atoms with Gasteiger partial charge in [0.1, 0.15) is 0 Å². The molecule has 0 aliphatic carbocycles. The van der Waals surface area contributed by atoms with Crippen LogP contribution in [0.3, 0.4) is 0 Å². The molecule has 0 saturated heterocycles. The Morgan fingerprint density at radius 1 is 0.788 bits per heavy atom. The summed E-state index contributed by atoms with van der Waals surface area (Å²) in [5.41, 5.74) is -2.63. The van der Waals surface area contributed by atoms with Gasteiger partial charge in [-0.1, -0.05) is 93.8 Å². The highest BCUT2D eigenvalue weighted by molar-refractivity contribution is 5.40. The van der Waals surface area contributed by atoms with Crippen molar-refractivity contribution < 1.29 is 24.4 Å². The molecule has 2 unspecified atom stereocenters. The first-order valence-corrected chi connectivity index (χ1v) is 12.3. The summed E-state index contributed by atoms with van der Waals surface area (Å²) in [6, 6.07) is 18.4. The van der Waals surface area contributed by atoms with Gasteiger partial charge >= 0.3 is 0 Å². The highest BCUT2D eigenvalue weighted by Crippen LogP contribution is 2.43. The Bertz CT molecular complexity index is 721. The Morgan fingerprint density at radius 2 is 1.30 bits per heavy atom. The number of ether oxygens (including phenoxy) is 3. The van der Waals surface area contributed by atoms with Crippen LogP contribution in [0.15, 0.2) is 60.7 Å². The number of unbranched alkanes of at least 4 members (excludes halogenated alkanes) is 1. The number of rotatable bonds is 16. The van der Waals surface area contributed by atoms with E-state index >= 15 is 0 Å². The molecule has 2 aromatic carbocycles. The van der Waals surface area contributed by atoms with E-state index in [2.05, 4.69) is 13.8 Å². The van der Waals surface area contributed by atoms with Gasteiger partial charge < -0.3 is 24.4 Å². The van der Waals surface area contributed by atoms with Gasteiger partial charge in [-0.25, -0.2) is 0 Å². The van der Waals surface area contributed by atoms with Crippen molar-refractivity contribution in [3.05, 3.63) is 71.8 Å². The Labute approximate surface area is 199 Å². The second-order valence-corrected chi connectivity index (χ2v) is 8.54. The van der Waals surface area contributed by atoms with Crippen LogP contribution in [0.25, 0.3) is 0 Å². The zero-order valence-electron chi connectivity index (χ0n) is 20.7. The maximum Gasteiger partial charge on any atom is 0.192 e. The average Bonchev–Trinajstić information content (AvgIpc) is 2.86. The first kappa shape index (κ1) is 27.5. The van der Waals surface area contributed by atoms with Crippen LogP contribution in [0, 0.1) is 5.92 Å². The monoisotopic (exact) mass is 458 g/mol. The molecule has 184 valence electrons. The number of benzene rings is 2. The van der Waals surface area contributed by atoms with Gasteiger partial charge in [-0.15, -0.1) is 0 Å². The molecule has 2 N–H and O–H groups in total. The largest absolute Gasteiger partial charge is 0.379 e. The molecule has 5 heteroatoms. The van der Waals surface area contributed by atoms with Gasteiger partial charge in [0.25, 0.3) is 0 Å². The zero-order valence-corrected chi connectivity index (χ0v) is 20.7. The molecule has 0 amide bonds. The summed E-state index contributed by atoms with van der Waals surface area (Å²) in [6.07, 6.45) is 3.27. The normalized spacial score (nSPS) is 14.9. The smallest absolute Gasteiger partial charge is 0.192 e. The first-order chi connectivity index (χ1) is 16.0. The summed E-state index contributed by atoms with van der Waals surface area (Å²) >= 11 is 0. The SMILES string of the molecule is CCCCC(CC)COCC(O)(C(OCC)OCC)C(O)(c1ccccc1)c1ccccc1. The zero-order chi connectivity index (χ0) is 24.2. The van der Waals surface area contributed by atoms with E-state index in [1.54, 1.807) is 0 Å². The van der Waals surface area contributed by atoms with E-state index in [1.165, 1.54) is 0 Å². The van der Waals surface area contributed by atoms with Crippen molar-refractivity contribution >= 4 is 0 Å². The molecule has 0 heterocycles. The molecule has 2 atom stereocenters. The maximum atomic E-state index is 12.4. The molecule has 2 rings (SSSR count). The van der Waals surface area contributed by atoms with Crippen LogP contribution in [0.2, 0.25) is 0 Å². The van der Waals surface area contributed by atoms with E-state index in [0.29, 0.717) is 36.9 Å². The highest BCUT2D eigenvalue weighted by atomic mass is 16.7. The lowest BCUT2D eigenvalue weighted by Gasteiger charge is -2.47. The first-order valence-electron chi connectivity index (χ1n) is 12.3. The Hall–Kier alpha value is -1.76. The molecule has 0 bridgehead atoms. The van der Waals surface area contributed by atoms with Gasteiger partial charge in [-0.05, 0) is 37.3 Å². The van der Waals surface area contributed by atoms with E-state index in [4.69, 9.17) is 14.2 Å². The average molecular weight is 459 g/mol. The predicted octanol–water partition coefficient (Wildman–Crippen LogP) is 5.29. The second kappa shape index (κ2) is 13.8. The molecular formula is C28H42O5. The van der Waals surface area contributed by atoms with Gasteiger partial charge in [0.2, 0.25) is 0 Å². The molecule has 5 nitrogen and oxygen atoms in total. The van der Waals surface area contributed by atoms with Crippen LogP contribution in [0.5, 0.6) is 0 Å². The van der Waals surface area contributed by atoms with Crippen molar-refractivity contribution in [1.82, 2.24) is 0 Å². The lowest BCUT2D eigenvalue weighted by Crippen LogP contribution is -2.64. The van der Waals surface area contributed by atoms with E-state index in [0.717, 1.165) is 25.7 Å². The second-order valence-electron chi connectivity index (χ2n) is 8.54. The molecule has 0 radical (unpaired) electrons. The minimum Gasteiger partial charge on any atom is -0.379 e. The van der Waals surface area contributed by atoms with Gasteiger partial charge in [0.15, 0.2) is 17.5 Å². The fourth-order valence-corrected chi connectivity index (χ4v) is 4.27. The third kappa shape index (κ3) is 6.65. The van der Waals surface area contributed by atoms with Crippen LogP contribution in [0.1, 0.15) is 64.5 Å². The quantitative estimate of drug-likeness (QED) is 0.335. The van der Waals surface area contributed by atoms with E-state index in [-0.39, 0.29) is 6.61 Å². The minimum atomic E-state index is -1.90. The van der Waals surface area contributed by atoms with Crippen LogP contribution in [-0.4, -0.2) is 48.5 Å². The number of aliphatic hydroxyl groups is 2. The van der Waals surface area contributed by atoms with Crippen LogP contribution in [-0.2, 0) is 19.8 Å². The van der Waals surface area contributed by atoms with Crippen LogP contribution in [0.4, 0.5) is 0 Å². The molecule has 2 aromatic rings. The van der Waals surface area contributed by atoms with Crippen molar-refractivity contribution in [1.29, 1.82) is 0 Å². The molecule has 0 aliphatic rings. The fraction of sp³-hybridized carbons (Fsp3) is 0.571. The van der Waals surface area contributed by atoms with Gasteiger partial charge in [0, 0.05) is 19.8 Å².